The second kappa shape index (κ2) is 9.17. The topological polar surface area (TPSA) is 119 Å². The molecule has 1 heterocycles. The van der Waals surface area contributed by atoms with E-state index >= 15 is 0 Å². The molecule has 2 amide bonds. The molecule has 0 spiro atoms. The van der Waals surface area contributed by atoms with E-state index in [1.807, 2.05) is 6.07 Å². The van der Waals surface area contributed by atoms with Crippen molar-refractivity contribution in [3.8, 4) is 6.07 Å². The Bertz CT molecular complexity index is 866. The van der Waals surface area contributed by atoms with E-state index in [2.05, 4.69) is 10.6 Å². The molecule has 0 aliphatic carbocycles. The summed E-state index contributed by atoms with van der Waals surface area (Å²) in [6.45, 7) is 0.429. The van der Waals surface area contributed by atoms with Crippen LogP contribution in [0.3, 0.4) is 0 Å². The molecule has 1 aromatic rings. The van der Waals surface area contributed by atoms with Crippen molar-refractivity contribution >= 4 is 38.9 Å². The summed E-state index contributed by atoms with van der Waals surface area (Å²) in [6.07, 6.45) is 0.604. The fraction of sp³-hybridized carbons (Fsp3) is 0.471. The van der Waals surface area contributed by atoms with Crippen molar-refractivity contribution < 1.29 is 18.0 Å². The Balaban J connectivity index is 1.72. The zero-order valence-electron chi connectivity index (χ0n) is 14.9. The first-order valence-corrected chi connectivity index (χ1v) is 10.6. The number of nitrogens with one attached hydrogen (secondary N) is 2. The van der Waals surface area contributed by atoms with Gasteiger partial charge in [-0.05, 0) is 31.7 Å². The summed E-state index contributed by atoms with van der Waals surface area (Å²) in [5.41, 5.74) is 0.822. The molecule has 1 saturated heterocycles. The molecule has 0 radical (unpaired) electrons. The Kier molecular flexibility index (Phi) is 7.18. The number of benzene rings is 1. The third kappa shape index (κ3) is 6.82. The molecule has 1 fully saturated rings. The van der Waals surface area contributed by atoms with Crippen LogP contribution >= 0.6 is 11.6 Å². The second-order valence-electron chi connectivity index (χ2n) is 6.51. The molecule has 146 valence electrons. The number of likely N-dealkylation sites (N-methyl/N-ethyl adjacent to an activating group) is 1. The minimum Gasteiger partial charge on any atom is -0.351 e. The Hall–Kier alpha value is -2.15. The van der Waals surface area contributed by atoms with Crippen LogP contribution in [0.25, 0.3) is 0 Å². The largest absolute Gasteiger partial charge is 0.351 e. The summed E-state index contributed by atoms with van der Waals surface area (Å²) < 4.78 is 22.8. The number of anilines is 1. The molecule has 8 nitrogen and oxygen atoms in total. The van der Waals surface area contributed by atoms with Crippen LogP contribution in [0, 0.1) is 11.3 Å². The average molecular weight is 413 g/mol. The lowest BCUT2D eigenvalue weighted by Gasteiger charge is -2.18. The predicted octanol–water partition coefficient (Wildman–Crippen LogP) is 0.775. The first-order chi connectivity index (χ1) is 12.7. The number of rotatable bonds is 7. The molecule has 2 N–H and O–H groups in total. The predicted molar refractivity (Wildman–Crippen MR) is 102 cm³/mol. The Morgan fingerprint density at radius 2 is 2.11 bits per heavy atom. The number of sulfone groups is 1. The van der Waals surface area contributed by atoms with E-state index in [4.69, 9.17) is 16.9 Å². The molecule has 1 aliphatic rings. The smallest absolute Gasteiger partial charge is 0.234 e. The van der Waals surface area contributed by atoms with Crippen molar-refractivity contribution in [3.63, 3.8) is 0 Å². The van der Waals surface area contributed by atoms with Crippen molar-refractivity contribution in [1.29, 1.82) is 5.26 Å². The zero-order chi connectivity index (χ0) is 20.0. The zero-order valence-corrected chi connectivity index (χ0v) is 16.4. The molecule has 1 aromatic carbocycles. The van der Waals surface area contributed by atoms with Gasteiger partial charge in [0.15, 0.2) is 9.84 Å². The van der Waals surface area contributed by atoms with Gasteiger partial charge in [0.05, 0.1) is 28.6 Å². The molecule has 1 unspecified atom stereocenters. The minimum absolute atomic E-state index is 0.0159. The van der Waals surface area contributed by atoms with E-state index in [1.54, 1.807) is 18.0 Å². The molecular weight excluding hydrogens is 392 g/mol. The van der Waals surface area contributed by atoms with Gasteiger partial charge < -0.3 is 10.6 Å². The minimum atomic E-state index is -3.04. The van der Waals surface area contributed by atoms with E-state index in [9.17, 15) is 18.0 Å². The van der Waals surface area contributed by atoms with Crippen LogP contribution in [0.4, 0.5) is 5.69 Å². The third-order valence-corrected chi connectivity index (χ3v) is 6.19. The number of nitrogens with zero attached hydrogens (tertiary/aromatic N) is 2. The van der Waals surface area contributed by atoms with Gasteiger partial charge in [-0.1, -0.05) is 11.6 Å². The van der Waals surface area contributed by atoms with Crippen LogP contribution in [0.5, 0.6) is 0 Å². The summed E-state index contributed by atoms with van der Waals surface area (Å²) in [5.74, 6) is -0.422. The van der Waals surface area contributed by atoms with E-state index in [0.717, 1.165) is 0 Å². The number of nitriles is 1. The maximum atomic E-state index is 12.0. The molecule has 27 heavy (non-hydrogen) atoms. The van der Waals surface area contributed by atoms with Crippen LogP contribution in [0.2, 0.25) is 5.02 Å². The Labute approximate surface area is 163 Å². The van der Waals surface area contributed by atoms with Crippen molar-refractivity contribution in [2.75, 3.05) is 37.0 Å². The highest BCUT2D eigenvalue weighted by Gasteiger charge is 2.28. The van der Waals surface area contributed by atoms with Gasteiger partial charge in [-0.15, -0.1) is 0 Å². The van der Waals surface area contributed by atoms with Crippen LogP contribution in [-0.2, 0) is 19.4 Å². The molecule has 2 rings (SSSR count). The molecule has 1 aliphatic heterocycles. The van der Waals surface area contributed by atoms with Gasteiger partial charge in [0.2, 0.25) is 11.8 Å². The average Bonchev–Trinajstić information content (AvgIpc) is 2.91. The van der Waals surface area contributed by atoms with Gasteiger partial charge in [0.25, 0.3) is 0 Å². The van der Waals surface area contributed by atoms with Crippen molar-refractivity contribution in [2.45, 2.75) is 18.9 Å². The number of hydrogen-bond acceptors (Lipinski definition) is 6. The first-order valence-electron chi connectivity index (χ1n) is 8.36. The van der Waals surface area contributed by atoms with Crippen LogP contribution in [0.15, 0.2) is 18.2 Å². The first kappa shape index (κ1) is 21.2. The van der Waals surface area contributed by atoms with Gasteiger partial charge in [0.1, 0.15) is 6.07 Å². The number of halogens is 1. The molecule has 0 saturated carbocycles. The van der Waals surface area contributed by atoms with E-state index in [0.29, 0.717) is 24.2 Å². The standard InChI is InChI=1S/C17H21ClN4O4S/c1-22(10-17(24)21-14-5-7-27(25,26)11-14)6-4-16(23)20-13-3-2-12(9-19)15(18)8-13/h2-3,8,14H,4-7,10-11H2,1H3,(H,20,23)(H,21,24). The Morgan fingerprint density at radius 1 is 1.37 bits per heavy atom. The normalized spacial score (nSPS) is 18.1. The number of carbonyl (C=O) groups excluding carboxylic acids is 2. The Morgan fingerprint density at radius 3 is 2.70 bits per heavy atom. The van der Waals surface area contributed by atoms with E-state index < -0.39 is 9.84 Å². The molecule has 1 atom stereocenters. The van der Waals surface area contributed by atoms with Gasteiger partial charge >= 0.3 is 0 Å². The van der Waals surface area contributed by atoms with Crippen molar-refractivity contribution in [1.82, 2.24) is 10.2 Å². The van der Waals surface area contributed by atoms with Crippen LogP contribution in [0.1, 0.15) is 18.4 Å². The highest BCUT2D eigenvalue weighted by molar-refractivity contribution is 7.91. The summed E-state index contributed by atoms with van der Waals surface area (Å²) in [6, 6.07) is 6.23. The second-order valence-corrected chi connectivity index (χ2v) is 9.15. The van der Waals surface area contributed by atoms with Gasteiger partial charge in [0, 0.05) is 24.7 Å². The quantitative estimate of drug-likeness (QED) is 0.682. The van der Waals surface area contributed by atoms with Crippen molar-refractivity contribution in [2.24, 2.45) is 0 Å². The molecular formula is C17H21ClN4O4S. The fourth-order valence-electron chi connectivity index (χ4n) is 2.71. The van der Waals surface area contributed by atoms with Gasteiger partial charge in [-0.2, -0.15) is 5.26 Å². The lowest BCUT2D eigenvalue weighted by Crippen LogP contribution is -2.42. The third-order valence-electron chi connectivity index (χ3n) is 4.10. The summed E-state index contributed by atoms with van der Waals surface area (Å²) in [7, 11) is -1.33. The summed E-state index contributed by atoms with van der Waals surface area (Å²) >= 11 is 5.92. The lowest BCUT2D eigenvalue weighted by atomic mass is 10.2. The number of amides is 2. The molecule has 0 bridgehead atoms. The highest BCUT2D eigenvalue weighted by Crippen LogP contribution is 2.20. The monoisotopic (exact) mass is 412 g/mol. The van der Waals surface area contributed by atoms with Crippen LogP contribution in [-0.4, -0.2) is 62.8 Å². The summed E-state index contributed by atoms with van der Waals surface area (Å²) in [4.78, 5) is 25.7. The summed E-state index contributed by atoms with van der Waals surface area (Å²) in [5, 5.41) is 14.5. The van der Waals surface area contributed by atoms with E-state index in [-0.39, 0.29) is 47.4 Å². The van der Waals surface area contributed by atoms with Crippen LogP contribution < -0.4 is 10.6 Å². The number of hydrogen-bond donors (Lipinski definition) is 2. The number of carbonyl (C=O) groups is 2. The van der Waals surface area contributed by atoms with Gasteiger partial charge in [-0.3, -0.25) is 14.5 Å². The molecule has 0 aromatic heterocycles. The SMILES string of the molecule is CN(CCC(=O)Nc1ccc(C#N)c(Cl)c1)CC(=O)NC1CCS(=O)(=O)C1. The van der Waals surface area contributed by atoms with Crippen molar-refractivity contribution in [3.05, 3.63) is 28.8 Å². The fourth-order valence-corrected chi connectivity index (χ4v) is 4.60. The lowest BCUT2D eigenvalue weighted by molar-refractivity contribution is -0.123. The maximum absolute atomic E-state index is 12.0. The van der Waals surface area contributed by atoms with Gasteiger partial charge in [-0.25, -0.2) is 8.42 Å². The maximum Gasteiger partial charge on any atom is 0.234 e. The van der Waals surface area contributed by atoms with E-state index in [1.165, 1.54) is 12.1 Å². The molecule has 10 heteroatoms. The highest BCUT2D eigenvalue weighted by atomic mass is 35.5.